The van der Waals surface area contributed by atoms with Crippen LogP contribution < -0.4 is 0 Å². The van der Waals surface area contributed by atoms with Gasteiger partial charge >= 0.3 is 0 Å². The van der Waals surface area contributed by atoms with Gasteiger partial charge in [-0.1, -0.05) is 195 Å². The van der Waals surface area contributed by atoms with E-state index >= 15 is 0 Å². The number of hydrogen-bond acceptors (Lipinski definition) is 0. The third kappa shape index (κ3) is 28.0. The van der Waals surface area contributed by atoms with Gasteiger partial charge in [-0.25, -0.2) is 0 Å². The van der Waals surface area contributed by atoms with Crippen LogP contribution in [0.5, 0.6) is 0 Å². The highest BCUT2D eigenvalue weighted by Gasteiger charge is 2.02. The summed E-state index contributed by atoms with van der Waals surface area (Å²) in [6, 6.07) is 0. The third-order valence-electron chi connectivity index (χ3n) is 7.53. The van der Waals surface area contributed by atoms with Gasteiger partial charge in [-0.3, -0.25) is 0 Å². The van der Waals surface area contributed by atoms with Crippen LogP contribution in [0.15, 0.2) is 0 Å². The molecule has 1 unspecified atom stereocenters. The van der Waals surface area contributed by atoms with Gasteiger partial charge in [-0.2, -0.15) is 0 Å². The van der Waals surface area contributed by atoms with Gasteiger partial charge in [-0.15, -0.1) is 0 Å². The fraction of sp³-hybridized carbons (Fsp3) is 1.00. The molecule has 0 bridgehead atoms. The van der Waals surface area contributed by atoms with E-state index in [4.69, 9.17) is 0 Å². The Hall–Kier alpha value is 0. The van der Waals surface area contributed by atoms with E-state index in [0.717, 1.165) is 11.8 Å². The first-order chi connectivity index (χ1) is 15.7. The summed E-state index contributed by atoms with van der Waals surface area (Å²) < 4.78 is 0. The Morgan fingerprint density at radius 3 is 0.844 bits per heavy atom. The van der Waals surface area contributed by atoms with E-state index in [-0.39, 0.29) is 0 Å². The Morgan fingerprint density at radius 1 is 0.312 bits per heavy atom. The molecule has 0 aliphatic heterocycles. The first kappa shape index (κ1) is 32.0. The van der Waals surface area contributed by atoms with Crippen LogP contribution in [0.1, 0.15) is 195 Å². The van der Waals surface area contributed by atoms with Crippen molar-refractivity contribution in [3.63, 3.8) is 0 Å². The summed E-state index contributed by atoms with van der Waals surface area (Å²) in [6.07, 6.45) is 38.3. The predicted molar refractivity (Wildman–Crippen MR) is 150 cm³/mol. The standard InChI is InChI=1S/C32H66/c1-5-6-7-8-9-10-11-12-13-14-15-16-17-18-19-20-23-26-29-32(4)30-27-24-21-22-25-28-31(2)3/h31-32H,5-30H2,1-4H3. The largest absolute Gasteiger partial charge is 0.0654 e. The van der Waals surface area contributed by atoms with E-state index in [0.29, 0.717) is 0 Å². The summed E-state index contributed by atoms with van der Waals surface area (Å²) in [6.45, 7) is 9.50. The zero-order valence-corrected chi connectivity index (χ0v) is 23.5. The molecule has 0 aliphatic carbocycles. The molecular weight excluding hydrogens is 384 g/mol. The van der Waals surface area contributed by atoms with Crippen molar-refractivity contribution in [3.05, 3.63) is 0 Å². The number of hydrogen-bond donors (Lipinski definition) is 0. The molecule has 0 amide bonds. The van der Waals surface area contributed by atoms with Crippen LogP contribution in [0.2, 0.25) is 0 Å². The van der Waals surface area contributed by atoms with Crippen molar-refractivity contribution in [2.75, 3.05) is 0 Å². The molecule has 0 fully saturated rings. The first-order valence-corrected chi connectivity index (χ1v) is 15.7. The Labute approximate surface area is 206 Å². The van der Waals surface area contributed by atoms with Crippen LogP contribution in [0, 0.1) is 11.8 Å². The average Bonchev–Trinajstić information content (AvgIpc) is 2.77. The van der Waals surface area contributed by atoms with Crippen LogP contribution in [0.25, 0.3) is 0 Å². The summed E-state index contributed by atoms with van der Waals surface area (Å²) in [5.74, 6) is 1.86. The molecule has 0 saturated carbocycles. The highest BCUT2D eigenvalue weighted by molar-refractivity contribution is 4.56. The minimum absolute atomic E-state index is 0.893. The van der Waals surface area contributed by atoms with Gasteiger partial charge in [0.05, 0.1) is 0 Å². The van der Waals surface area contributed by atoms with Gasteiger partial charge in [-0.05, 0) is 11.8 Å². The molecule has 0 rings (SSSR count). The quantitative estimate of drug-likeness (QED) is 0.109. The third-order valence-corrected chi connectivity index (χ3v) is 7.53. The molecule has 0 heterocycles. The maximum absolute atomic E-state index is 2.49. The van der Waals surface area contributed by atoms with Crippen LogP contribution in [-0.4, -0.2) is 0 Å². The molecule has 194 valence electrons. The molecule has 0 heteroatoms. The Kier molecular flexibility index (Phi) is 27.2. The van der Waals surface area contributed by atoms with Crippen molar-refractivity contribution < 1.29 is 0 Å². The van der Waals surface area contributed by atoms with Crippen molar-refractivity contribution in [3.8, 4) is 0 Å². The molecule has 0 nitrogen and oxygen atoms in total. The van der Waals surface area contributed by atoms with E-state index in [2.05, 4.69) is 27.7 Å². The lowest BCUT2D eigenvalue weighted by Crippen LogP contribution is -1.95. The Morgan fingerprint density at radius 2 is 0.562 bits per heavy atom. The topological polar surface area (TPSA) is 0 Å². The average molecular weight is 451 g/mol. The summed E-state index contributed by atoms with van der Waals surface area (Å²) in [7, 11) is 0. The molecule has 0 aromatic carbocycles. The summed E-state index contributed by atoms with van der Waals surface area (Å²) in [5.41, 5.74) is 0. The first-order valence-electron chi connectivity index (χ1n) is 15.7. The minimum Gasteiger partial charge on any atom is -0.0654 e. The van der Waals surface area contributed by atoms with Gasteiger partial charge < -0.3 is 0 Å². The van der Waals surface area contributed by atoms with Gasteiger partial charge in [0.15, 0.2) is 0 Å². The molecule has 32 heavy (non-hydrogen) atoms. The van der Waals surface area contributed by atoms with E-state index in [1.54, 1.807) is 0 Å². The second-order valence-corrected chi connectivity index (χ2v) is 11.6. The lowest BCUT2D eigenvalue weighted by atomic mass is 9.95. The molecule has 0 saturated heterocycles. The minimum atomic E-state index is 0.893. The van der Waals surface area contributed by atoms with E-state index in [1.165, 1.54) is 167 Å². The fourth-order valence-corrected chi connectivity index (χ4v) is 5.11. The van der Waals surface area contributed by atoms with Gasteiger partial charge in [0, 0.05) is 0 Å². The zero-order chi connectivity index (χ0) is 23.5. The molecule has 0 aliphatic rings. The predicted octanol–water partition coefficient (Wildman–Crippen LogP) is 12.4. The van der Waals surface area contributed by atoms with Crippen LogP contribution >= 0.6 is 0 Å². The molecule has 0 aromatic heterocycles. The van der Waals surface area contributed by atoms with Crippen LogP contribution in [0.4, 0.5) is 0 Å². The van der Waals surface area contributed by atoms with E-state index in [1.807, 2.05) is 0 Å². The number of unbranched alkanes of at least 4 members (excludes halogenated alkanes) is 21. The Balaban J connectivity index is 3.12. The zero-order valence-electron chi connectivity index (χ0n) is 23.5. The van der Waals surface area contributed by atoms with Crippen molar-refractivity contribution in [1.82, 2.24) is 0 Å². The van der Waals surface area contributed by atoms with Crippen molar-refractivity contribution >= 4 is 0 Å². The smallest absolute Gasteiger partial charge is 0.0443 e. The highest BCUT2D eigenvalue weighted by Crippen LogP contribution is 2.19. The molecule has 0 aromatic rings. The normalized spacial score (nSPS) is 12.7. The SMILES string of the molecule is CCCCCCCCCCCCCCCCCCCCC(C)CCCCCCCC(C)C. The van der Waals surface area contributed by atoms with Gasteiger partial charge in [0.1, 0.15) is 0 Å². The van der Waals surface area contributed by atoms with Crippen LogP contribution in [0.3, 0.4) is 0 Å². The summed E-state index contributed by atoms with van der Waals surface area (Å²) >= 11 is 0. The van der Waals surface area contributed by atoms with Crippen LogP contribution in [-0.2, 0) is 0 Å². The molecular formula is C32H66. The monoisotopic (exact) mass is 451 g/mol. The lowest BCUT2D eigenvalue weighted by molar-refractivity contribution is 0.428. The molecule has 0 spiro atoms. The van der Waals surface area contributed by atoms with Crippen molar-refractivity contribution in [1.29, 1.82) is 0 Å². The fourth-order valence-electron chi connectivity index (χ4n) is 5.11. The van der Waals surface area contributed by atoms with E-state index in [9.17, 15) is 0 Å². The van der Waals surface area contributed by atoms with Gasteiger partial charge in [0.2, 0.25) is 0 Å². The summed E-state index contributed by atoms with van der Waals surface area (Å²) in [5, 5.41) is 0. The maximum atomic E-state index is 2.49. The second kappa shape index (κ2) is 27.2. The van der Waals surface area contributed by atoms with Crippen molar-refractivity contribution in [2.24, 2.45) is 11.8 Å². The second-order valence-electron chi connectivity index (χ2n) is 11.6. The molecule has 0 N–H and O–H groups in total. The van der Waals surface area contributed by atoms with E-state index < -0.39 is 0 Å². The van der Waals surface area contributed by atoms with Gasteiger partial charge in [0.25, 0.3) is 0 Å². The number of rotatable bonds is 27. The lowest BCUT2D eigenvalue weighted by Gasteiger charge is -2.11. The Bertz CT molecular complexity index is 318. The molecule has 0 radical (unpaired) electrons. The highest BCUT2D eigenvalue weighted by atomic mass is 14.1. The van der Waals surface area contributed by atoms with Crippen molar-refractivity contribution in [2.45, 2.75) is 195 Å². The maximum Gasteiger partial charge on any atom is -0.0443 e. The molecule has 1 atom stereocenters. The summed E-state index contributed by atoms with van der Waals surface area (Å²) in [4.78, 5) is 0.